The molecule has 0 bridgehead atoms. The van der Waals surface area contributed by atoms with Crippen LogP contribution in [0.3, 0.4) is 0 Å². The van der Waals surface area contributed by atoms with Gasteiger partial charge in [-0.3, -0.25) is 4.79 Å². The fourth-order valence-electron chi connectivity index (χ4n) is 1.41. The first-order chi connectivity index (χ1) is 8.54. The van der Waals surface area contributed by atoms with Gasteiger partial charge in [0.2, 0.25) is 5.91 Å². The number of rotatable bonds is 5. The summed E-state index contributed by atoms with van der Waals surface area (Å²) >= 11 is 0. The predicted octanol–water partition coefficient (Wildman–Crippen LogP) is 1.35. The van der Waals surface area contributed by atoms with Gasteiger partial charge in [-0.1, -0.05) is 17.2 Å². The van der Waals surface area contributed by atoms with Crippen LogP contribution in [0.2, 0.25) is 0 Å². The van der Waals surface area contributed by atoms with Crippen LogP contribution in [0.5, 0.6) is 0 Å². The Morgan fingerprint density at radius 3 is 2.56 bits per heavy atom. The smallest absolute Gasteiger partial charge is 0.221 e. The van der Waals surface area contributed by atoms with Crippen LogP contribution in [0.4, 0.5) is 5.69 Å². The third-order valence-electron chi connectivity index (χ3n) is 2.27. The van der Waals surface area contributed by atoms with E-state index in [-0.39, 0.29) is 12.5 Å². The lowest BCUT2D eigenvalue weighted by atomic mass is 10.0. The van der Waals surface area contributed by atoms with E-state index in [0.717, 1.165) is 0 Å². The highest BCUT2D eigenvalue weighted by atomic mass is 16.3. The van der Waals surface area contributed by atoms with Gasteiger partial charge >= 0.3 is 0 Å². The number of azide groups is 1. The quantitative estimate of drug-likeness (QED) is 0.415. The highest BCUT2D eigenvalue weighted by Gasteiger charge is 2.17. The summed E-state index contributed by atoms with van der Waals surface area (Å²) in [6.45, 7) is 1.19. The summed E-state index contributed by atoms with van der Waals surface area (Å²) in [6, 6.07) is 6.38. The molecular formula is C11H14N4O3. The van der Waals surface area contributed by atoms with Crippen LogP contribution in [0.25, 0.3) is 10.4 Å². The van der Waals surface area contributed by atoms with Crippen LogP contribution >= 0.6 is 0 Å². The number of aliphatic hydroxyl groups is 2. The summed E-state index contributed by atoms with van der Waals surface area (Å²) in [4.78, 5) is 13.3. The van der Waals surface area contributed by atoms with Crippen LogP contribution in [0, 0.1) is 0 Å². The maximum atomic E-state index is 10.8. The lowest BCUT2D eigenvalue weighted by molar-refractivity contribution is -0.114. The molecule has 96 valence electrons. The first-order valence-electron chi connectivity index (χ1n) is 5.29. The summed E-state index contributed by atoms with van der Waals surface area (Å²) in [5, 5.41) is 25.1. The first kappa shape index (κ1) is 14.0. The van der Waals surface area contributed by atoms with Crippen molar-refractivity contribution in [2.24, 2.45) is 5.11 Å². The minimum absolute atomic E-state index is 0.188. The summed E-state index contributed by atoms with van der Waals surface area (Å²) in [5.41, 5.74) is 9.19. The molecule has 0 spiro atoms. The molecule has 3 N–H and O–H groups in total. The van der Waals surface area contributed by atoms with E-state index < -0.39 is 12.2 Å². The van der Waals surface area contributed by atoms with Gasteiger partial charge in [0.15, 0.2) is 0 Å². The number of carbonyl (C=O) groups is 1. The number of carbonyl (C=O) groups excluding carboxylic acids is 1. The van der Waals surface area contributed by atoms with Gasteiger partial charge < -0.3 is 15.5 Å². The van der Waals surface area contributed by atoms with Crippen molar-refractivity contribution < 1.29 is 15.0 Å². The van der Waals surface area contributed by atoms with E-state index in [1.54, 1.807) is 24.3 Å². The summed E-state index contributed by atoms with van der Waals surface area (Å²) in [7, 11) is 0. The molecule has 0 radical (unpaired) electrons. The Balaban J connectivity index is 2.71. The molecule has 7 nitrogen and oxygen atoms in total. The van der Waals surface area contributed by atoms with Crippen LogP contribution in [0.1, 0.15) is 18.6 Å². The topological polar surface area (TPSA) is 118 Å². The van der Waals surface area contributed by atoms with Gasteiger partial charge in [-0.2, -0.15) is 0 Å². The van der Waals surface area contributed by atoms with E-state index in [2.05, 4.69) is 15.3 Å². The minimum Gasteiger partial charge on any atom is -0.390 e. The molecule has 1 aromatic carbocycles. The molecule has 0 saturated heterocycles. The Labute approximate surface area is 104 Å². The average molecular weight is 250 g/mol. The molecule has 1 aromatic rings. The van der Waals surface area contributed by atoms with E-state index in [1.165, 1.54) is 6.92 Å². The molecule has 0 aliphatic heterocycles. The van der Waals surface area contributed by atoms with Gasteiger partial charge in [-0.05, 0) is 23.2 Å². The van der Waals surface area contributed by atoms with Crippen molar-refractivity contribution in [2.75, 3.05) is 11.9 Å². The number of hydrogen-bond donors (Lipinski definition) is 3. The van der Waals surface area contributed by atoms with E-state index in [1.807, 2.05) is 0 Å². The molecule has 0 heterocycles. The lowest BCUT2D eigenvalue weighted by Crippen LogP contribution is -2.21. The molecule has 1 amide bonds. The Morgan fingerprint density at radius 1 is 1.44 bits per heavy atom. The maximum absolute atomic E-state index is 10.8. The van der Waals surface area contributed by atoms with Gasteiger partial charge in [0.1, 0.15) is 6.10 Å². The Bertz CT molecular complexity index is 454. The molecule has 18 heavy (non-hydrogen) atoms. The van der Waals surface area contributed by atoms with Crippen molar-refractivity contribution in [1.29, 1.82) is 0 Å². The van der Waals surface area contributed by atoms with Crippen LogP contribution < -0.4 is 5.32 Å². The van der Waals surface area contributed by atoms with Gasteiger partial charge in [0.25, 0.3) is 0 Å². The molecule has 0 aliphatic carbocycles. The largest absolute Gasteiger partial charge is 0.390 e. The normalized spacial score (nSPS) is 13.3. The summed E-state index contributed by atoms with van der Waals surface area (Å²) in [5.74, 6) is -0.188. The number of hydrogen-bond acceptors (Lipinski definition) is 4. The minimum atomic E-state index is -1.16. The van der Waals surface area contributed by atoms with Crippen LogP contribution in [0.15, 0.2) is 29.4 Å². The van der Waals surface area contributed by atoms with Crippen molar-refractivity contribution in [3.63, 3.8) is 0 Å². The molecule has 7 heteroatoms. The van der Waals surface area contributed by atoms with Gasteiger partial charge in [0.05, 0.1) is 12.6 Å². The molecule has 0 aromatic heterocycles. The standard InChI is InChI=1S/C11H14N4O3/c1-7(16)14-9-4-2-8(3-5-9)11(18)10(17)6-13-15-12/h2-5,10-11,17-18H,6H2,1H3,(H,14,16). The van der Waals surface area contributed by atoms with Crippen LogP contribution in [-0.4, -0.2) is 28.8 Å². The van der Waals surface area contributed by atoms with E-state index >= 15 is 0 Å². The van der Waals surface area contributed by atoms with Gasteiger partial charge in [0, 0.05) is 17.5 Å². The molecule has 0 aliphatic rings. The monoisotopic (exact) mass is 250 g/mol. The summed E-state index contributed by atoms with van der Waals surface area (Å²) < 4.78 is 0. The second-order valence-corrected chi connectivity index (χ2v) is 3.73. The SMILES string of the molecule is CC(=O)Nc1ccc(C(O)C(O)CN=[N+]=[N-])cc1. The van der Waals surface area contributed by atoms with E-state index in [0.29, 0.717) is 11.3 Å². The fourth-order valence-corrected chi connectivity index (χ4v) is 1.41. The number of anilines is 1. The number of aliphatic hydroxyl groups excluding tert-OH is 2. The lowest BCUT2D eigenvalue weighted by Gasteiger charge is -2.16. The summed E-state index contributed by atoms with van der Waals surface area (Å²) in [6.07, 6.45) is -2.30. The fraction of sp³-hybridized carbons (Fsp3) is 0.364. The van der Waals surface area contributed by atoms with Crippen molar-refractivity contribution in [1.82, 2.24) is 0 Å². The zero-order chi connectivity index (χ0) is 13.5. The Hall–Kier alpha value is -2.08. The second-order valence-electron chi connectivity index (χ2n) is 3.73. The molecule has 2 atom stereocenters. The van der Waals surface area contributed by atoms with Crippen molar-refractivity contribution in [2.45, 2.75) is 19.1 Å². The average Bonchev–Trinajstić information content (AvgIpc) is 2.35. The number of amides is 1. The second kappa shape index (κ2) is 6.61. The number of nitrogens with zero attached hydrogens (tertiary/aromatic N) is 3. The van der Waals surface area contributed by atoms with E-state index in [4.69, 9.17) is 5.53 Å². The zero-order valence-corrected chi connectivity index (χ0v) is 9.82. The van der Waals surface area contributed by atoms with Gasteiger partial charge in [-0.25, -0.2) is 0 Å². The van der Waals surface area contributed by atoms with Crippen molar-refractivity contribution in [3.8, 4) is 0 Å². The Morgan fingerprint density at radius 2 is 2.06 bits per heavy atom. The number of nitrogens with one attached hydrogen (secondary N) is 1. The molecule has 0 fully saturated rings. The number of benzene rings is 1. The van der Waals surface area contributed by atoms with E-state index in [9.17, 15) is 15.0 Å². The van der Waals surface area contributed by atoms with Gasteiger partial charge in [-0.15, -0.1) is 0 Å². The molecule has 1 rings (SSSR count). The third kappa shape index (κ3) is 4.06. The first-order valence-corrected chi connectivity index (χ1v) is 5.29. The van der Waals surface area contributed by atoms with Crippen molar-refractivity contribution in [3.05, 3.63) is 40.3 Å². The molecule has 0 saturated carbocycles. The molecular weight excluding hydrogens is 236 g/mol. The highest BCUT2D eigenvalue weighted by molar-refractivity contribution is 5.88. The zero-order valence-electron chi connectivity index (χ0n) is 9.82. The highest BCUT2D eigenvalue weighted by Crippen LogP contribution is 2.19. The molecule has 2 unspecified atom stereocenters. The van der Waals surface area contributed by atoms with Crippen molar-refractivity contribution >= 4 is 11.6 Å². The predicted molar refractivity (Wildman–Crippen MR) is 65.7 cm³/mol. The maximum Gasteiger partial charge on any atom is 0.221 e. The Kier molecular flexibility index (Phi) is 5.13. The van der Waals surface area contributed by atoms with Crippen LogP contribution in [-0.2, 0) is 4.79 Å². The third-order valence-corrected chi connectivity index (χ3v) is 2.27.